The molecule has 3 aliphatic rings. The first-order chi connectivity index (χ1) is 25.4. The quantitative estimate of drug-likeness (QED) is 0.0833. The highest BCUT2D eigenvalue weighted by molar-refractivity contribution is 6.74. The van der Waals surface area contributed by atoms with E-state index in [0.29, 0.717) is 52.1 Å². The summed E-state index contributed by atoms with van der Waals surface area (Å²) in [7, 11) is -4.36. The Labute approximate surface area is 328 Å². The van der Waals surface area contributed by atoms with E-state index < -0.39 is 28.2 Å². The van der Waals surface area contributed by atoms with Gasteiger partial charge >= 0.3 is 0 Å². The van der Waals surface area contributed by atoms with Gasteiger partial charge in [0.05, 0.1) is 57.3 Å². The van der Waals surface area contributed by atoms with Gasteiger partial charge in [-0.1, -0.05) is 102 Å². The molecular weight excluding hydrogens is 717 g/mol. The molecule has 11 heteroatoms. The van der Waals surface area contributed by atoms with Crippen molar-refractivity contribution in [3.8, 4) is 0 Å². The number of benzene rings is 2. The summed E-state index contributed by atoms with van der Waals surface area (Å²) < 4.78 is 59.3. The van der Waals surface area contributed by atoms with Crippen molar-refractivity contribution in [2.24, 2.45) is 0 Å². The van der Waals surface area contributed by atoms with E-state index in [9.17, 15) is 0 Å². The van der Waals surface area contributed by atoms with Crippen molar-refractivity contribution < 1.29 is 42.0 Å². The SMILES string of the molecule is CC(C)(C)[Si](C)(C)O[C@H]1C[C@@H](CCOCOCc2ccccc2)O[C@]2(C1)C[C@@]1(O[Si](C)(C)C(C)(C)C)C[C@H](C[C@@H](CCOCOCc3ccccc3)O1)O2. The molecule has 0 aliphatic carbocycles. The first-order valence-electron chi connectivity index (χ1n) is 20.2. The highest BCUT2D eigenvalue weighted by atomic mass is 28.4. The van der Waals surface area contributed by atoms with E-state index in [4.69, 9.17) is 42.0 Å². The maximum atomic E-state index is 7.36. The van der Waals surface area contributed by atoms with Gasteiger partial charge in [0.15, 0.2) is 28.2 Å². The first-order valence-corrected chi connectivity index (χ1v) is 26.0. The van der Waals surface area contributed by atoms with Gasteiger partial charge in [-0.3, -0.25) is 0 Å². The highest BCUT2D eigenvalue weighted by Gasteiger charge is 2.61. The van der Waals surface area contributed by atoms with Crippen LogP contribution in [0.3, 0.4) is 0 Å². The van der Waals surface area contributed by atoms with E-state index in [1.807, 2.05) is 36.4 Å². The van der Waals surface area contributed by atoms with Gasteiger partial charge in [-0.05, 0) is 66.7 Å². The summed E-state index contributed by atoms with van der Waals surface area (Å²) >= 11 is 0. The summed E-state index contributed by atoms with van der Waals surface area (Å²) in [6.07, 6.45) is 4.55. The number of fused-ring (bicyclic) bond motifs is 2. The molecule has 1 spiro atoms. The Morgan fingerprint density at radius 2 is 1.15 bits per heavy atom. The van der Waals surface area contributed by atoms with Crippen LogP contribution in [0.15, 0.2) is 60.7 Å². The molecule has 54 heavy (non-hydrogen) atoms. The van der Waals surface area contributed by atoms with Crippen LogP contribution in [0.1, 0.15) is 97.6 Å². The van der Waals surface area contributed by atoms with Crippen LogP contribution in [0.5, 0.6) is 0 Å². The second kappa shape index (κ2) is 18.4. The average molecular weight is 787 g/mol. The number of rotatable bonds is 18. The van der Waals surface area contributed by atoms with E-state index in [-0.39, 0.29) is 48.1 Å². The predicted molar refractivity (Wildman–Crippen MR) is 217 cm³/mol. The molecule has 304 valence electrons. The van der Waals surface area contributed by atoms with Crippen molar-refractivity contribution in [2.75, 3.05) is 26.8 Å². The van der Waals surface area contributed by atoms with Crippen LogP contribution >= 0.6 is 0 Å². The monoisotopic (exact) mass is 786 g/mol. The zero-order valence-corrected chi connectivity index (χ0v) is 36.9. The molecule has 2 bridgehead atoms. The summed E-state index contributed by atoms with van der Waals surface area (Å²) in [5, 5.41) is 0.0802. The molecule has 0 unspecified atom stereocenters. The molecule has 3 heterocycles. The van der Waals surface area contributed by atoms with E-state index in [1.54, 1.807) is 0 Å². The third-order valence-corrected chi connectivity index (χ3v) is 21.1. The molecule has 5 rings (SSSR count). The van der Waals surface area contributed by atoms with Crippen LogP contribution < -0.4 is 0 Å². The van der Waals surface area contributed by atoms with E-state index >= 15 is 0 Å². The lowest BCUT2D eigenvalue weighted by molar-refractivity contribution is -0.407. The second-order valence-electron chi connectivity index (χ2n) is 18.8. The number of hydrogen-bond acceptors (Lipinski definition) is 9. The Balaban J connectivity index is 1.27. The summed E-state index contributed by atoms with van der Waals surface area (Å²) in [5.74, 6) is -1.72. The lowest BCUT2D eigenvalue weighted by Gasteiger charge is -2.59. The van der Waals surface area contributed by atoms with Crippen LogP contribution in [0.4, 0.5) is 0 Å². The van der Waals surface area contributed by atoms with Gasteiger partial charge in [-0.15, -0.1) is 0 Å². The van der Waals surface area contributed by atoms with Gasteiger partial charge in [0.1, 0.15) is 13.6 Å². The van der Waals surface area contributed by atoms with Crippen molar-refractivity contribution >= 4 is 16.6 Å². The van der Waals surface area contributed by atoms with Crippen molar-refractivity contribution in [3.05, 3.63) is 71.8 Å². The fraction of sp³-hybridized carbons (Fsp3) is 0.721. The minimum Gasteiger partial charge on any atom is -0.414 e. The van der Waals surface area contributed by atoms with Gasteiger partial charge in [0.2, 0.25) is 0 Å². The van der Waals surface area contributed by atoms with Crippen molar-refractivity contribution in [1.82, 2.24) is 0 Å². The third kappa shape index (κ3) is 12.3. The topological polar surface area (TPSA) is 83.1 Å². The lowest BCUT2D eigenvalue weighted by atomic mass is 9.84. The molecule has 3 aliphatic heterocycles. The number of ether oxygens (including phenoxy) is 7. The Hall–Kier alpha value is -1.49. The fourth-order valence-corrected chi connectivity index (χ4v) is 10.1. The second-order valence-corrected chi connectivity index (χ2v) is 28.2. The van der Waals surface area contributed by atoms with Crippen LogP contribution in [-0.2, 0) is 55.2 Å². The Morgan fingerprint density at radius 3 is 1.67 bits per heavy atom. The van der Waals surface area contributed by atoms with E-state index in [0.717, 1.165) is 30.4 Å². The Kier molecular flexibility index (Phi) is 14.9. The van der Waals surface area contributed by atoms with Gasteiger partial charge in [-0.25, -0.2) is 0 Å². The molecular formula is C43H70O9Si2. The molecule has 2 aromatic carbocycles. The highest BCUT2D eigenvalue weighted by Crippen LogP contribution is 2.53. The standard InChI is InChI=1S/C43H70O9Si2/c1-40(2,3)53(7,8)51-39-26-37(22-24-45-33-47-30-35-19-15-12-16-20-35)48-42(28-39)31-43(52-54(9,10)41(4,5)6)27-38(50-42)25-36(49-43)21-23-44-32-46-29-34-17-13-11-14-18-34/h11-20,36-39H,21-33H2,1-10H3/t36-,37-,38+,39+,42+,43+/m1/s1. The zero-order chi connectivity index (χ0) is 39.1. The van der Waals surface area contributed by atoms with Crippen LogP contribution in [0, 0.1) is 0 Å². The van der Waals surface area contributed by atoms with Crippen molar-refractivity contribution in [3.63, 3.8) is 0 Å². The van der Waals surface area contributed by atoms with Crippen molar-refractivity contribution in [2.45, 2.75) is 172 Å². The first kappa shape index (κ1) is 43.6. The van der Waals surface area contributed by atoms with Crippen LogP contribution in [0.2, 0.25) is 36.3 Å². The lowest BCUT2D eigenvalue weighted by Crippen LogP contribution is -2.66. The zero-order valence-electron chi connectivity index (χ0n) is 34.9. The maximum Gasteiger partial charge on any atom is 0.195 e. The summed E-state index contributed by atoms with van der Waals surface area (Å²) in [6.45, 7) is 25.6. The van der Waals surface area contributed by atoms with E-state index in [2.05, 4.69) is 92.0 Å². The summed E-state index contributed by atoms with van der Waals surface area (Å²) in [4.78, 5) is 0. The van der Waals surface area contributed by atoms with Crippen LogP contribution in [0.25, 0.3) is 0 Å². The predicted octanol–water partition coefficient (Wildman–Crippen LogP) is 10.1. The molecule has 0 N–H and O–H groups in total. The molecule has 6 atom stereocenters. The largest absolute Gasteiger partial charge is 0.414 e. The smallest absolute Gasteiger partial charge is 0.195 e. The van der Waals surface area contributed by atoms with Gasteiger partial charge < -0.3 is 42.0 Å². The fourth-order valence-electron chi connectivity index (χ4n) is 7.29. The molecule has 0 amide bonds. The van der Waals surface area contributed by atoms with Crippen LogP contribution in [-0.4, -0.2) is 79.4 Å². The molecule has 3 fully saturated rings. The van der Waals surface area contributed by atoms with Gasteiger partial charge in [-0.2, -0.15) is 0 Å². The Morgan fingerprint density at radius 1 is 0.630 bits per heavy atom. The molecule has 0 saturated carbocycles. The maximum absolute atomic E-state index is 7.36. The summed E-state index contributed by atoms with van der Waals surface area (Å²) in [6, 6.07) is 20.3. The van der Waals surface area contributed by atoms with Crippen molar-refractivity contribution in [1.29, 1.82) is 0 Å². The summed E-state index contributed by atoms with van der Waals surface area (Å²) in [5.41, 5.74) is 2.26. The molecule has 2 aromatic rings. The third-order valence-electron chi connectivity index (χ3n) is 12.1. The molecule has 9 nitrogen and oxygen atoms in total. The molecule has 3 saturated heterocycles. The van der Waals surface area contributed by atoms with Gasteiger partial charge in [0.25, 0.3) is 0 Å². The average Bonchev–Trinajstić information content (AvgIpc) is 3.06. The molecule has 0 radical (unpaired) electrons. The number of hydrogen-bond donors (Lipinski definition) is 0. The molecule has 0 aromatic heterocycles. The minimum absolute atomic E-state index is 0.00206. The van der Waals surface area contributed by atoms with Gasteiger partial charge in [0, 0.05) is 19.3 Å². The Bertz CT molecular complexity index is 1410. The minimum atomic E-state index is -2.27. The van der Waals surface area contributed by atoms with E-state index in [1.165, 1.54) is 0 Å². The normalized spacial score (nSPS) is 28.0.